The lowest BCUT2D eigenvalue weighted by Crippen LogP contribution is -2.52. The molecule has 0 aromatic heterocycles. The van der Waals surface area contributed by atoms with Crippen molar-refractivity contribution >= 4 is 0 Å². The van der Waals surface area contributed by atoms with E-state index in [-0.39, 0.29) is 0 Å². The molecule has 0 unspecified atom stereocenters. The standard InChI is InChI=1S/C19H30N2/c1-16(2)20-12-14-21(15-13-20)19-10-8-18(9-11-19)17-6-4-3-5-7-17/h3-7,16,18-19H,8-15H2,1-2H3. The third-order valence-electron chi connectivity index (χ3n) is 5.56. The van der Waals surface area contributed by atoms with Gasteiger partial charge in [0.25, 0.3) is 0 Å². The number of hydrogen-bond acceptors (Lipinski definition) is 2. The van der Waals surface area contributed by atoms with Crippen molar-refractivity contribution in [2.24, 2.45) is 0 Å². The van der Waals surface area contributed by atoms with E-state index in [0.29, 0.717) is 6.04 Å². The second-order valence-corrected chi connectivity index (χ2v) is 7.08. The molecular weight excluding hydrogens is 256 g/mol. The van der Waals surface area contributed by atoms with E-state index >= 15 is 0 Å². The summed E-state index contributed by atoms with van der Waals surface area (Å²) in [4.78, 5) is 5.38. The SMILES string of the molecule is CC(C)N1CCN(C2CCC(c3ccccc3)CC2)CC1. The Morgan fingerprint density at radius 2 is 1.48 bits per heavy atom. The number of benzene rings is 1. The Balaban J connectivity index is 1.48. The van der Waals surface area contributed by atoms with Gasteiger partial charge >= 0.3 is 0 Å². The maximum Gasteiger partial charge on any atom is 0.0113 e. The van der Waals surface area contributed by atoms with Crippen LogP contribution >= 0.6 is 0 Å². The van der Waals surface area contributed by atoms with E-state index < -0.39 is 0 Å². The van der Waals surface area contributed by atoms with Gasteiger partial charge in [0.15, 0.2) is 0 Å². The zero-order valence-corrected chi connectivity index (χ0v) is 13.7. The molecule has 116 valence electrons. The van der Waals surface area contributed by atoms with Gasteiger partial charge in [-0.3, -0.25) is 9.80 Å². The molecule has 1 aliphatic heterocycles. The molecule has 2 heteroatoms. The number of hydrogen-bond donors (Lipinski definition) is 0. The molecule has 1 saturated heterocycles. The van der Waals surface area contributed by atoms with E-state index in [0.717, 1.165) is 12.0 Å². The minimum atomic E-state index is 0.709. The summed E-state index contributed by atoms with van der Waals surface area (Å²) >= 11 is 0. The van der Waals surface area contributed by atoms with Crippen LogP contribution in [0.3, 0.4) is 0 Å². The first-order valence-corrected chi connectivity index (χ1v) is 8.77. The van der Waals surface area contributed by atoms with Gasteiger partial charge in [-0.2, -0.15) is 0 Å². The van der Waals surface area contributed by atoms with Crippen LogP contribution in [-0.4, -0.2) is 48.1 Å². The Bertz CT molecular complexity index is 412. The first kappa shape index (κ1) is 15.1. The molecule has 1 aromatic carbocycles. The largest absolute Gasteiger partial charge is 0.298 e. The van der Waals surface area contributed by atoms with Crippen molar-refractivity contribution in [2.75, 3.05) is 26.2 Å². The zero-order valence-electron chi connectivity index (χ0n) is 13.7. The van der Waals surface area contributed by atoms with Gasteiger partial charge in [0.1, 0.15) is 0 Å². The molecule has 2 aliphatic rings. The highest BCUT2D eigenvalue weighted by Gasteiger charge is 2.29. The third-order valence-corrected chi connectivity index (χ3v) is 5.56. The fourth-order valence-corrected chi connectivity index (χ4v) is 4.12. The summed E-state index contributed by atoms with van der Waals surface area (Å²) in [6.07, 6.45) is 5.53. The van der Waals surface area contributed by atoms with Gasteiger partial charge in [-0.15, -0.1) is 0 Å². The van der Waals surface area contributed by atoms with E-state index in [2.05, 4.69) is 54.0 Å². The molecule has 1 aliphatic carbocycles. The molecule has 1 saturated carbocycles. The van der Waals surface area contributed by atoms with E-state index in [1.165, 1.54) is 51.9 Å². The Kier molecular flexibility index (Phi) is 4.97. The minimum Gasteiger partial charge on any atom is -0.298 e. The molecule has 2 nitrogen and oxygen atoms in total. The Morgan fingerprint density at radius 3 is 2.05 bits per heavy atom. The van der Waals surface area contributed by atoms with Crippen molar-refractivity contribution in [3.8, 4) is 0 Å². The quantitative estimate of drug-likeness (QED) is 0.835. The van der Waals surface area contributed by atoms with E-state index in [9.17, 15) is 0 Å². The van der Waals surface area contributed by atoms with Gasteiger partial charge in [0.05, 0.1) is 0 Å². The van der Waals surface area contributed by atoms with Gasteiger partial charge in [-0.05, 0) is 51.0 Å². The normalized spacial score (nSPS) is 28.9. The number of piperazine rings is 1. The maximum atomic E-state index is 2.76. The summed E-state index contributed by atoms with van der Waals surface area (Å²) in [6.45, 7) is 9.71. The summed E-state index contributed by atoms with van der Waals surface area (Å²) in [7, 11) is 0. The molecular formula is C19H30N2. The van der Waals surface area contributed by atoms with Crippen molar-refractivity contribution in [1.82, 2.24) is 9.80 Å². The summed E-state index contributed by atoms with van der Waals surface area (Å²) in [5, 5.41) is 0. The second-order valence-electron chi connectivity index (χ2n) is 7.08. The van der Waals surface area contributed by atoms with Crippen molar-refractivity contribution < 1.29 is 0 Å². The third kappa shape index (κ3) is 3.67. The molecule has 0 spiro atoms. The fourth-order valence-electron chi connectivity index (χ4n) is 4.12. The molecule has 1 heterocycles. The van der Waals surface area contributed by atoms with Crippen molar-refractivity contribution in [3.63, 3.8) is 0 Å². The summed E-state index contributed by atoms with van der Waals surface area (Å²) < 4.78 is 0. The summed E-state index contributed by atoms with van der Waals surface area (Å²) in [5.41, 5.74) is 1.56. The van der Waals surface area contributed by atoms with Gasteiger partial charge in [0, 0.05) is 38.3 Å². The lowest BCUT2D eigenvalue weighted by atomic mass is 9.81. The lowest BCUT2D eigenvalue weighted by molar-refractivity contribution is 0.0620. The van der Waals surface area contributed by atoms with Crippen molar-refractivity contribution in [2.45, 2.75) is 57.5 Å². The van der Waals surface area contributed by atoms with E-state index in [1.807, 2.05) is 0 Å². The topological polar surface area (TPSA) is 6.48 Å². The Hall–Kier alpha value is -0.860. The molecule has 2 fully saturated rings. The van der Waals surface area contributed by atoms with Crippen LogP contribution < -0.4 is 0 Å². The van der Waals surface area contributed by atoms with Crippen LogP contribution in [0.5, 0.6) is 0 Å². The monoisotopic (exact) mass is 286 g/mol. The van der Waals surface area contributed by atoms with Crippen LogP contribution in [-0.2, 0) is 0 Å². The summed E-state index contributed by atoms with van der Waals surface area (Å²) in [5.74, 6) is 0.805. The van der Waals surface area contributed by atoms with Gasteiger partial charge in [-0.25, -0.2) is 0 Å². The molecule has 0 radical (unpaired) electrons. The molecule has 0 amide bonds. The molecule has 1 aromatic rings. The molecule has 0 N–H and O–H groups in total. The van der Waals surface area contributed by atoms with E-state index in [4.69, 9.17) is 0 Å². The first-order chi connectivity index (χ1) is 10.2. The van der Waals surface area contributed by atoms with Crippen LogP contribution in [0.2, 0.25) is 0 Å². The van der Waals surface area contributed by atoms with Crippen LogP contribution in [0.25, 0.3) is 0 Å². The lowest BCUT2D eigenvalue weighted by Gasteiger charge is -2.43. The van der Waals surface area contributed by atoms with E-state index in [1.54, 1.807) is 5.56 Å². The van der Waals surface area contributed by atoms with Crippen molar-refractivity contribution in [3.05, 3.63) is 35.9 Å². The highest BCUT2D eigenvalue weighted by atomic mass is 15.3. The number of nitrogens with zero attached hydrogens (tertiary/aromatic N) is 2. The molecule has 3 rings (SSSR count). The maximum absolute atomic E-state index is 2.76. The molecule has 0 bridgehead atoms. The Morgan fingerprint density at radius 1 is 0.857 bits per heavy atom. The van der Waals surface area contributed by atoms with Crippen molar-refractivity contribution in [1.29, 1.82) is 0 Å². The van der Waals surface area contributed by atoms with Crippen LogP contribution in [0.4, 0.5) is 0 Å². The molecule has 0 atom stereocenters. The highest BCUT2D eigenvalue weighted by Crippen LogP contribution is 2.34. The van der Waals surface area contributed by atoms with Crippen LogP contribution in [0.15, 0.2) is 30.3 Å². The zero-order chi connectivity index (χ0) is 14.7. The fraction of sp³-hybridized carbons (Fsp3) is 0.684. The second kappa shape index (κ2) is 6.93. The average Bonchev–Trinajstić information content (AvgIpc) is 2.56. The van der Waals surface area contributed by atoms with Gasteiger partial charge in [0.2, 0.25) is 0 Å². The average molecular weight is 286 g/mol. The Labute approximate surface area is 130 Å². The van der Waals surface area contributed by atoms with Gasteiger partial charge < -0.3 is 0 Å². The summed E-state index contributed by atoms with van der Waals surface area (Å²) in [6, 6.07) is 12.7. The van der Waals surface area contributed by atoms with Crippen LogP contribution in [0, 0.1) is 0 Å². The smallest absolute Gasteiger partial charge is 0.0113 e. The predicted molar refractivity (Wildman–Crippen MR) is 89.7 cm³/mol. The van der Waals surface area contributed by atoms with Gasteiger partial charge in [-0.1, -0.05) is 30.3 Å². The first-order valence-electron chi connectivity index (χ1n) is 8.77. The minimum absolute atomic E-state index is 0.709. The predicted octanol–water partition coefficient (Wildman–Crippen LogP) is 3.74. The molecule has 21 heavy (non-hydrogen) atoms. The van der Waals surface area contributed by atoms with Crippen LogP contribution in [0.1, 0.15) is 51.0 Å². The highest BCUT2D eigenvalue weighted by molar-refractivity contribution is 5.20. The number of rotatable bonds is 3.